The van der Waals surface area contributed by atoms with Crippen LogP contribution >= 0.6 is 0 Å². The standard InChI is InChI=1S/C19H18FN3O3/c1-11-16(18(24)22-12-7-9-13(26-2)10-8-12)17(23-19(25)21-11)14-5-3-4-6-15(14)20/h3-10,17H,1-2H3,(H,22,24)(H2,21,23,25)/t17-/m0/s1. The average Bonchev–Trinajstić information content (AvgIpc) is 2.62. The Morgan fingerprint density at radius 2 is 1.85 bits per heavy atom. The number of anilines is 1. The summed E-state index contributed by atoms with van der Waals surface area (Å²) in [5, 5.41) is 7.93. The van der Waals surface area contributed by atoms with Crippen molar-refractivity contribution >= 4 is 17.6 Å². The minimum absolute atomic E-state index is 0.224. The third-order valence-corrected chi connectivity index (χ3v) is 4.08. The molecule has 7 heteroatoms. The van der Waals surface area contributed by atoms with E-state index >= 15 is 0 Å². The molecule has 1 aliphatic rings. The molecule has 0 fully saturated rings. The SMILES string of the molecule is COc1ccc(NC(=O)C2=C(C)NC(=O)N[C@H]2c2ccccc2F)cc1. The molecule has 2 aromatic carbocycles. The first-order chi connectivity index (χ1) is 12.5. The van der Waals surface area contributed by atoms with Crippen LogP contribution in [0.15, 0.2) is 59.8 Å². The van der Waals surface area contributed by atoms with Crippen molar-refractivity contribution < 1.29 is 18.7 Å². The first-order valence-corrected chi connectivity index (χ1v) is 7.97. The van der Waals surface area contributed by atoms with Crippen LogP contribution in [0.25, 0.3) is 0 Å². The Morgan fingerprint density at radius 3 is 2.50 bits per heavy atom. The van der Waals surface area contributed by atoms with Gasteiger partial charge in [-0.1, -0.05) is 18.2 Å². The number of rotatable bonds is 4. The fourth-order valence-corrected chi connectivity index (χ4v) is 2.81. The molecule has 0 unspecified atom stereocenters. The van der Waals surface area contributed by atoms with E-state index < -0.39 is 23.8 Å². The molecule has 1 aliphatic heterocycles. The average molecular weight is 355 g/mol. The molecule has 0 bridgehead atoms. The van der Waals surface area contributed by atoms with Crippen LogP contribution < -0.4 is 20.7 Å². The molecule has 0 aliphatic carbocycles. The number of halogens is 1. The molecule has 134 valence electrons. The highest BCUT2D eigenvalue weighted by Gasteiger charge is 2.32. The summed E-state index contributed by atoms with van der Waals surface area (Å²) in [4.78, 5) is 24.7. The van der Waals surface area contributed by atoms with Gasteiger partial charge in [-0.25, -0.2) is 9.18 Å². The predicted octanol–water partition coefficient (Wildman–Crippen LogP) is 3.10. The minimum Gasteiger partial charge on any atom is -0.497 e. The summed E-state index contributed by atoms with van der Waals surface area (Å²) >= 11 is 0. The molecule has 3 rings (SSSR count). The van der Waals surface area contributed by atoms with Gasteiger partial charge in [0.2, 0.25) is 0 Å². The van der Waals surface area contributed by atoms with Crippen LogP contribution in [0.3, 0.4) is 0 Å². The Labute approximate surface area is 150 Å². The number of allylic oxidation sites excluding steroid dienone is 1. The van der Waals surface area contributed by atoms with Gasteiger partial charge in [-0.05, 0) is 37.3 Å². The van der Waals surface area contributed by atoms with Crippen LogP contribution in [-0.4, -0.2) is 19.0 Å². The first-order valence-electron chi connectivity index (χ1n) is 7.97. The van der Waals surface area contributed by atoms with Crippen molar-refractivity contribution in [1.82, 2.24) is 10.6 Å². The number of methoxy groups -OCH3 is 1. The van der Waals surface area contributed by atoms with Crippen molar-refractivity contribution in [2.75, 3.05) is 12.4 Å². The topological polar surface area (TPSA) is 79.5 Å². The van der Waals surface area contributed by atoms with Crippen molar-refractivity contribution in [3.63, 3.8) is 0 Å². The lowest BCUT2D eigenvalue weighted by Crippen LogP contribution is -2.46. The highest BCUT2D eigenvalue weighted by Crippen LogP contribution is 2.29. The quantitative estimate of drug-likeness (QED) is 0.788. The third-order valence-electron chi connectivity index (χ3n) is 4.08. The molecule has 6 nitrogen and oxygen atoms in total. The minimum atomic E-state index is -0.886. The van der Waals surface area contributed by atoms with E-state index in [4.69, 9.17) is 4.74 Å². The molecule has 0 radical (unpaired) electrons. The van der Waals surface area contributed by atoms with Gasteiger partial charge in [0.1, 0.15) is 11.6 Å². The lowest BCUT2D eigenvalue weighted by Gasteiger charge is -2.28. The third kappa shape index (κ3) is 3.51. The Bertz CT molecular complexity index is 878. The molecule has 3 amide bonds. The molecule has 3 N–H and O–H groups in total. The lowest BCUT2D eigenvalue weighted by molar-refractivity contribution is -0.113. The number of hydrogen-bond donors (Lipinski definition) is 3. The zero-order valence-corrected chi connectivity index (χ0v) is 14.3. The summed E-state index contributed by atoms with van der Waals surface area (Å²) in [5.74, 6) is -0.273. The van der Waals surface area contributed by atoms with E-state index in [0.29, 0.717) is 17.1 Å². The largest absolute Gasteiger partial charge is 0.497 e. The highest BCUT2D eigenvalue weighted by molar-refractivity contribution is 6.06. The molecular weight excluding hydrogens is 337 g/mol. The van der Waals surface area contributed by atoms with Gasteiger partial charge in [0, 0.05) is 16.9 Å². The molecule has 0 aromatic heterocycles. The molecule has 0 saturated heterocycles. The van der Waals surface area contributed by atoms with Gasteiger partial charge in [-0.15, -0.1) is 0 Å². The zero-order chi connectivity index (χ0) is 18.7. The van der Waals surface area contributed by atoms with E-state index in [1.807, 2.05) is 0 Å². The van der Waals surface area contributed by atoms with Crippen LogP contribution in [0.4, 0.5) is 14.9 Å². The van der Waals surface area contributed by atoms with E-state index in [-0.39, 0.29) is 11.1 Å². The number of amides is 3. The van der Waals surface area contributed by atoms with Gasteiger partial charge in [0.05, 0.1) is 18.7 Å². The number of carbonyl (C=O) groups is 2. The van der Waals surface area contributed by atoms with E-state index in [1.54, 1.807) is 56.5 Å². The summed E-state index contributed by atoms with van der Waals surface area (Å²) in [7, 11) is 1.55. The first kappa shape index (κ1) is 17.5. The van der Waals surface area contributed by atoms with Crippen molar-refractivity contribution in [3.8, 4) is 5.75 Å². The summed E-state index contributed by atoms with van der Waals surface area (Å²) in [6.07, 6.45) is 0. The smallest absolute Gasteiger partial charge is 0.319 e. The molecular formula is C19H18FN3O3. The highest BCUT2D eigenvalue weighted by atomic mass is 19.1. The van der Waals surface area contributed by atoms with E-state index in [1.165, 1.54) is 6.07 Å². The van der Waals surface area contributed by atoms with Crippen LogP contribution in [0.1, 0.15) is 18.5 Å². The normalized spacial score (nSPS) is 16.6. The van der Waals surface area contributed by atoms with Gasteiger partial charge >= 0.3 is 6.03 Å². The van der Waals surface area contributed by atoms with Gasteiger partial charge in [-0.2, -0.15) is 0 Å². The summed E-state index contributed by atoms with van der Waals surface area (Å²) in [6, 6.07) is 11.5. The number of nitrogens with one attached hydrogen (secondary N) is 3. The molecule has 0 spiro atoms. The second-order valence-corrected chi connectivity index (χ2v) is 5.77. The van der Waals surface area contributed by atoms with Crippen LogP contribution in [0, 0.1) is 5.82 Å². The number of hydrogen-bond acceptors (Lipinski definition) is 3. The lowest BCUT2D eigenvalue weighted by atomic mass is 9.94. The Morgan fingerprint density at radius 1 is 1.15 bits per heavy atom. The second-order valence-electron chi connectivity index (χ2n) is 5.77. The van der Waals surface area contributed by atoms with Gasteiger partial charge in [0.15, 0.2) is 0 Å². The van der Waals surface area contributed by atoms with Crippen LogP contribution in [0.2, 0.25) is 0 Å². The Hall–Kier alpha value is -3.35. The maximum Gasteiger partial charge on any atom is 0.319 e. The van der Waals surface area contributed by atoms with E-state index in [0.717, 1.165) is 0 Å². The monoisotopic (exact) mass is 355 g/mol. The second kappa shape index (κ2) is 7.26. The summed E-state index contributed by atoms with van der Waals surface area (Å²) in [5.41, 5.74) is 1.39. The number of urea groups is 1. The Kier molecular flexibility index (Phi) is 4.88. The maximum atomic E-state index is 14.2. The van der Waals surface area contributed by atoms with E-state index in [2.05, 4.69) is 16.0 Å². The fourth-order valence-electron chi connectivity index (χ4n) is 2.81. The summed E-state index contributed by atoms with van der Waals surface area (Å²) in [6.45, 7) is 1.61. The van der Waals surface area contributed by atoms with Crippen molar-refractivity contribution in [2.24, 2.45) is 0 Å². The maximum absolute atomic E-state index is 14.2. The van der Waals surface area contributed by atoms with Gasteiger partial charge in [0.25, 0.3) is 5.91 Å². The van der Waals surface area contributed by atoms with Crippen molar-refractivity contribution in [1.29, 1.82) is 0 Å². The fraction of sp³-hybridized carbons (Fsp3) is 0.158. The molecule has 1 atom stereocenters. The van der Waals surface area contributed by atoms with Crippen molar-refractivity contribution in [3.05, 3.63) is 71.2 Å². The predicted molar refractivity (Wildman–Crippen MR) is 95.1 cm³/mol. The number of benzene rings is 2. The van der Waals surface area contributed by atoms with Crippen LogP contribution in [0.5, 0.6) is 5.75 Å². The summed E-state index contributed by atoms with van der Waals surface area (Å²) < 4.78 is 19.3. The van der Waals surface area contributed by atoms with Crippen molar-refractivity contribution in [2.45, 2.75) is 13.0 Å². The van der Waals surface area contributed by atoms with Gasteiger partial charge < -0.3 is 20.7 Å². The molecule has 1 heterocycles. The van der Waals surface area contributed by atoms with E-state index in [9.17, 15) is 14.0 Å². The van der Waals surface area contributed by atoms with Crippen LogP contribution in [-0.2, 0) is 4.79 Å². The zero-order valence-electron chi connectivity index (χ0n) is 14.3. The molecule has 0 saturated carbocycles. The van der Waals surface area contributed by atoms with Gasteiger partial charge in [-0.3, -0.25) is 4.79 Å². The number of carbonyl (C=O) groups excluding carboxylic acids is 2. The molecule has 2 aromatic rings. The Balaban J connectivity index is 1.93. The molecule has 26 heavy (non-hydrogen) atoms. The number of ether oxygens (including phenoxy) is 1.